The largest absolute Gasteiger partial charge is 0.394 e. The fourth-order valence-corrected chi connectivity index (χ4v) is 3.98. The number of hydrogen-bond acceptors (Lipinski definition) is 11. The Balaban J connectivity index is 1.67. The number of nitrogens with zero attached hydrogens (tertiary/aromatic N) is 5. The molecule has 0 radical (unpaired) electrons. The number of imidazole rings is 1. The van der Waals surface area contributed by atoms with Gasteiger partial charge in [-0.2, -0.15) is 13.2 Å². The van der Waals surface area contributed by atoms with E-state index in [1.165, 1.54) is 35.6 Å². The highest BCUT2D eigenvalue weighted by Crippen LogP contribution is 2.34. The lowest BCUT2D eigenvalue weighted by atomic mass is 10.1. The monoisotopic (exact) mass is 439 g/mol. The summed E-state index contributed by atoms with van der Waals surface area (Å²) in [5.74, 6) is 0.0891. The molecule has 4 heterocycles. The maximum absolute atomic E-state index is 12.5. The molecule has 3 aromatic heterocycles. The molecule has 0 aromatic carbocycles. The van der Waals surface area contributed by atoms with Crippen LogP contribution in [0.1, 0.15) is 6.23 Å². The highest BCUT2D eigenvalue weighted by atomic mass is 32.2. The third kappa shape index (κ3) is 3.59. The molecule has 0 saturated carbocycles. The second-order valence-corrected chi connectivity index (χ2v) is 7.62. The van der Waals surface area contributed by atoms with Crippen LogP contribution < -0.4 is 16.1 Å². The molecular weight excluding hydrogens is 422 g/mol. The summed E-state index contributed by atoms with van der Waals surface area (Å²) in [4.78, 5) is 25.6. The van der Waals surface area contributed by atoms with Crippen LogP contribution in [0, 0.1) is 0 Å². The average molecular weight is 439 g/mol. The molecule has 160 valence electrons. The van der Waals surface area contributed by atoms with Crippen molar-refractivity contribution in [1.29, 1.82) is 0 Å². The Morgan fingerprint density at radius 2 is 2.10 bits per heavy atom. The summed E-state index contributed by atoms with van der Waals surface area (Å²) in [6, 6.07) is 4.01. The van der Waals surface area contributed by atoms with E-state index in [2.05, 4.69) is 15.0 Å². The molecule has 1 fully saturated rings. The number of nitrogen functional groups attached to an aromatic ring is 1. The van der Waals surface area contributed by atoms with Gasteiger partial charge in [0.15, 0.2) is 23.8 Å². The maximum Gasteiger partial charge on any atom is 0.374 e. The van der Waals surface area contributed by atoms with E-state index in [-0.39, 0.29) is 17.0 Å². The zero-order chi connectivity index (χ0) is 21.5. The van der Waals surface area contributed by atoms with Crippen LogP contribution in [0.4, 0.5) is 5.82 Å². The quantitative estimate of drug-likeness (QED) is 0.322. The lowest BCUT2D eigenvalue weighted by Gasteiger charge is -2.22. The lowest BCUT2D eigenvalue weighted by Crippen LogP contribution is -2.41. The van der Waals surface area contributed by atoms with Crippen molar-refractivity contribution in [1.82, 2.24) is 24.2 Å². The van der Waals surface area contributed by atoms with Crippen molar-refractivity contribution < 1.29 is 27.6 Å². The van der Waals surface area contributed by atoms with E-state index >= 15 is 0 Å². The Bertz CT molecular complexity index is 1230. The molecule has 14 nitrogen and oxygen atoms in total. The van der Waals surface area contributed by atoms with Gasteiger partial charge in [0.1, 0.15) is 24.1 Å². The van der Waals surface area contributed by atoms with E-state index in [4.69, 9.17) is 14.7 Å². The van der Waals surface area contributed by atoms with Gasteiger partial charge in [0.2, 0.25) is 0 Å². The van der Waals surface area contributed by atoms with Crippen molar-refractivity contribution in [2.24, 2.45) is 0 Å². The van der Waals surface area contributed by atoms with Crippen LogP contribution in [-0.4, -0.2) is 67.7 Å². The van der Waals surface area contributed by atoms with Crippen LogP contribution in [0.25, 0.3) is 11.2 Å². The number of nitrogens with one attached hydrogen (secondary N) is 1. The first-order valence-electron chi connectivity index (χ1n) is 8.57. The molecule has 0 aliphatic carbocycles. The smallest absolute Gasteiger partial charge is 0.374 e. The Morgan fingerprint density at radius 1 is 1.30 bits per heavy atom. The number of aliphatic hydroxyl groups is 2. The Morgan fingerprint density at radius 3 is 2.83 bits per heavy atom. The summed E-state index contributed by atoms with van der Waals surface area (Å²) in [5.41, 5.74) is 5.55. The molecule has 0 amide bonds. The van der Waals surface area contributed by atoms with Crippen molar-refractivity contribution in [3.05, 3.63) is 47.4 Å². The number of fused-ring (bicyclic) bond motifs is 1. The normalized spacial score (nSPS) is 24.3. The van der Waals surface area contributed by atoms with Crippen LogP contribution in [0.5, 0.6) is 0 Å². The Kier molecular flexibility index (Phi) is 5.12. The van der Waals surface area contributed by atoms with Gasteiger partial charge in [0.25, 0.3) is 5.56 Å². The molecule has 0 bridgehead atoms. The van der Waals surface area contributed by atoms with Crippen molar-refractivity contribution in [2.45, 2.75) is 24.5 Å². The molecule has 4 rings (SSSR count). The van der Waals surface area contributed by atoms with Crippen LogP contribution in [0.3, 0.4) is 0 Å². The molecule has 0 spiro atoms. The molecule has 30 heavy (non-hydrogen) atoms. The maximum atomic E-state index is 12.5. The minimum absolute atomic E-state index is 0.0891. The summed E-state index contributed by atoms with van der Waals surface area (Å²) >= 11 is 0. The summed E-state index contributed by atoms with van der Waals surface area (Å²) in [5, 5.41) is 19.9. The van der Waals surface area contributed by atoms with Gasteiger partial charge >= 0.3 is 10.3 Å². The van der Waals surface area contributed by atoms with Gasteiger partial charge in [0.05, 0.1) is 12.9 Å². The minimum atomic E-state index is -4.59. The predicted octanol–water partition coefficient (Wildman–Crippen LogP) is -2.31. The van der Waals surface area contributed by atoms with Crippen molar-refractivity contribution in [2.75, 3.05) is 17.2 Å². The molecule has 1 saturated heterocycles. The van der Waals surface area contributed by atoms with Gasteiger partial charge < -0.3 is 20.7 Å². The zero-order valence-corrected chi connectivity index (χ0v) is 16.0. The van der Waals surface area contributed by atoms with Crippen molar-refractivity contribution in [3.8, 4) is 0 Å². The van der Waals surface area contributed by atoms with E-state index in [0.29, 0.717) is 4.68 Å². The second-order valence-electron chi connectivity index (χ2n) is 6.34. The highest BCUT2D eigenvalue weighted by Gasteiger charge is 2.48. The molecule has 5 N–H and O–H groups in total. The average Bonchev–Trinajstić information content (AvgIpc) is 3.26. The van der Waals surface area contributed by atoms with Crippen molar-refractivity contribution in [3.63, 3.8) is 0 Å². The first-order chi connectivity index (χ1) is 14.3. The number of pyridine rings is 1. The number of anilines is 1. The number of aliphatic hydroxyl groups excluding tert-OH is 2. The van der Waals surface area contributed by atoms with E-state index < -0.39 is 47.0 Å². The van der Waals surface area contributed by atoms with E-state index in [1.807, 2.05) is 4.83 Å². The van der Waals surface area contributed by atoms with E-state index in [0.717, 1.165) is 6.07 Å². The van der Waals surface area contributed by atoms with E-state index in [9.17, 15) is 23.4 Å². The highest BCUT2D eigenvalue weighted by molar-refractivity contribution is 7.87. The molecule has 1 aliphatic heterocycles. The third-order valence-corrected chi connectivity index (χ3v) is 5.32. The Labute approximate surface area is 168 Å². The van der Waals surface area contributed by atoms with Gasteiger partial charge in [0, 0.05) is 12.3 Å². The topological polar surface area (TPSA) is 197 Å². The van der Waals surface area contributed by atoms with Gasteiger partial charge in [-0.05, 0) is 6.07 Å². The first-order valence-corrected chi connectivity index (χ1v) is 9.97. The van der Waals surface area contributed by atoms with Gasteiger partial charge in [-0.15, -0.1) is 0 Å². The van der Waals surface area contributed by atoms with Crippen LogP contribution >= 0.6 is 0 Å². The molecule has 15 heteroatoms. The summed E-state index contributed by atoms with van der Waals surface area (Å²) in [6.07, 6.45) is -1.78. The first kappa shape index (κ1) is 20.2. The number of aromatic nitrogens is 5. The Hall–Kier alpha value is -3.11. The molecule has 3 aromatic rings. The fraction of sp³-hybridized carbons (Fsp3) is 0.333. The molecular formula is C15H17N7O7S. The second kappa shape index (κ2) is 7.62. The summed E-state index contributed by atoms with van der Waals surface area (Å²) in [6.45, 7) is -0.604. The molecule has 0 unspecified atom stereocenters. The number of hydrogen-bond donors (Lipinski definition) is 4. The number of rotatable bonds is 6. The molecule has 1 aliphatic rings. The summed E-state index contributed by atoms with van der Waals surface area (Å²) < 4.78 is 37.7. The number of ether oxygens (including phenoxy) is 1. The SMILES string of the molecule is Nc1ncnc2c1ncn2[C@@H]1O[C@H](CO)[C@@H](O)[C@H]1OS(=O)(=O)Nn1ccccc1=O. The fourth-order valence-electron chi connectivity index (χ4n) is 3.04. The van der Waals surface area contributed by atoms with Crippen LogP contribution in [-0.2, 0) is 19.2 Å². The van der Waals surface area contributed by atoms with Crippen LogP contribution in [0.2, 0.25) is 0 Å². The predicted molar refractivity (Wildman–Crippen MR) is 101 cm³/mol. The lowest BCUT2D eigenvalue weighted by molar-refractivity contribution is -0.0483. The number of nitrogens with two attached hydrogens (primary N) is 1. The van der Waals surface area contributed by atoms with Crippen molar-refractivity contribution >= 4 is 27.3 Å². The van der Waals surface area contributed by atoms with E-state index in [1.54, 1.807) is 0 Å². The van der Waals surface area contributed by atoms with Gasteiger partial charge in [-0.25, -0.2) is 23.8 Å². The molecule has 4 atom stereocenters. The van der Waals surface area contributed by atoms with Gasteiger partial charge in [-0.1, -0.05) is 6.07 Å². The zero-order valence-electron chi connectivity index (χ0n) is 15.1. The third-order valence-electron chi connectivity index (χ3n) is 4.42. The standard InChI is InChI=1S/C15H17N7O7S/c16-13-10-14(18-6-17-13)21(7-19-10)15-12(11(25)8(5-23)28-15)29-30(26,27)20-22-4-2-1-3-9(22)24/h1-4,6-8,11-12,15,20,23,25H,5H2,(H2,16,17,18)/t8-,11-,12-,15-/m1/s1. The van der Waals surface area contributed by atoms with Gasteiger partial charge in [-0.3, -0.25) is 9.36 Å². The minimum Gasteiger partial charge on any atom is -0.394 e. The van der Waals surface area contributed by atoms with Crippen LogP contribution in [0.15, 0.2) is 41.8 Å². The summed E-state index contributed by atoms with van der Waals surface area (Å²) in [7, 11) is -4.59.